The van der Waals surface area contributed by atoms with E-state index in [1.54, 1.807) is 6.07 Å². The first-order valence-electron chi connectivity index (χ1n) is 5.32. The Bertz CT molecular complexity index is 373. The molecule has 1 unspecified atom stereocenters. The third-order valence-corrected chi connectivity index (χ3v) is 5.69. The fourth-order valence-corrected chi connectivity index (χ4v) is 3.35. The highest BCUT2D eigenvalue weighted by molar-refractivity contribution is 9.13. The average molecular weight is 385 g/mol. The number of aliphatic hydroxyl groups excluding tert-OH is 1. The van der Waals surface area contributed by atoms with Crippen LogP contribution in [0.5, 0.6) is 0 Å². The number of carbonyl (C=O) groups excluding carboxylic acids is 1. The van der Waals surface area contributed by atoms with Gasteiger partial charge in [-0.25, -0.2) is 0 Å². The molecule has 0 aliphatic heterocycles. The molecule has 0 saturated carbocycles. The molecule has 6 heteroatoms. The van der Waals surface area contributed by atoms with Gasteiger partial charge in [-0.05, 0) is 50.3 Å². The number of rotatable bonds is 5. The molecule has 0 aliphatic rings. The maximum Gasteiger partial charge on any atom is 0.261 e. The van der Waals surface area contributed by atoms with Gasteiger partial charge in [-0.1, -0.05) is 13.8 Å². The minimum absolute atomic E-state index is 0.00662. The van der Waals surface area contributed by atoms with E-state index in [0.29, 0.717) is 17.2 Å². The summed E-state index contributed by atoms with van der Waals surface area (Å²) in [5, 5.41) is 11.9. The van der Waals surface area contributed by atoms with Crippen molar-refractivity contribution in [2.24, 2.45) is 5.92 Å². The molecular weight excluding hydrogens is 370 g/mol. The largest absolute Gasteiger partial charge is 0.396 e. The molecule has 0 aromatic carbocycles. The Morgan fingerprint density at radius 1 is 1.53 bits per heavy atom. The van der Waals surface area contributed by atoms with E-state index in [9.17, 15) is 4.79 Å². The lowest BCUT2D eigenvalue weighted by atomic mass is 10.0. The van der Waals surface area contributed by atoms with Crippen LogP contribution in [0, 0.1) is 5.92 Å². The summed E-state index contributed by atoms with van der Waals surface area (Å²) in [4.78, 5) is 12.6. The molecule has 0 aliphatic carbocycles. The van der Waals surface area contributed by atoms with Gasteiger partial charge in [0.15, 0.2) is 0 Å². The standard InChI is InChI=1S/C11H15Br2NO2S/c1-6(2)8(3-4-15)14-11(16)9-5-7(12)10(13)17-9/h5-6,8,15H,3-4H2,1-2H3,(H,14,16). The van der Waals surface area contributed by atoms with Gasteiger partial charge in [-0.3, -0.25) is 4.79 Å². The predicted molar refractivity (Wildman–Crippen MR) is 77.5 cm³/mol. The molecule has 0 saturated heterocycles. The summed E-state index contributed by atoms with van der Waals surface area (Å²) in [5.74, 6) is 0.214. The highest BCUT2D eigenvalue weighted by atomic mass is 79.9. The summed E-state index contributed by atoms with van der Waals surface area (Å²) in [7, 11) is 0. The normalized spacial score (nSPS) is 12.8. The predicted octanol–water partition coefficient (Wildman–Crippen LogP) is 3.41. The zero-order chi connectivity index (χ0) is 13.0. The van der Waals surface area contributed by atoms with Crippen LogP contribution in [0.15, 0.2) is 14.3 Å². The minimum Gasteiger partial charge on any atom is -0.396 e. The molecule has 1 aromatic rings. The van der Waals surface area contributed by atoms with Crippen LogP contribution in [0.3, 0.4) is 0 Å². The smallest absolute Gasteiger partial charge is 0.261 e. The Morgan fingerprint density at radius 2 is 2.18 bits per heavy atom. The third kappa shape index (κ3) is 4.35. The Balaban J connectivity index is 2.70. The third-order valence-electron chi connectivity index (χ3n) is 2.43. The maximum atomic E-state index is 12.0. The van der Waals surface area contributed by atoms with Gasteiger partial charge in [-0.15, -0.1) is 11.3 Å². The number of hydrogen-bond acceptors (Lipinski definition) is 3. The van der Waals surface area contributed by atoms with E-state index in [2.05, 4.69) is 37.2 Å². The van der Waals surface area contributed by atoms with Gasteiger partial charge in [0.25, 0.3) is 5.91 Å². The number of hydrogen-bond donors (Lipinski definition) is 2. The van der Waals surface area contributed by atoms with Crippen molar-refractivity contribution in [2.45, 2.75) is 26.3 Å². The van der Waals surface area contributed by atoms with Gasteiger partial charge < -0.3 is 10.4 Å². The van der Waals surface area contributed by atoms with Gasteiger partial charge in [0.1, 0.15) is 0 Å². The van der Waals surface area contributed by atoms with Crippen molar-refractivity contribution >= 4 is 49.1 Å². The minimum atomic E-state index is -0.0893. The van der Waals surface area contributed by atoms with E-state index in [0.717, 1.165) is 8.26 Å². The summed E-state index contributed by atoms with van der Waals surface area (Å²) in [6.07, 6.45) is 0.580. The van der Waals surface area contributed by atoms with E-state index < -0.39 is 0 Å². The maximum absolute atomic E-state index is 12.0. The fraction of sp³-hybridized carbons (Fsp3) is 0.545. The zero-order valence-electron chi connectivity index (χ0n) is 9.67. The highest BCUT2D eigenvalue weighted by Gasteiger charge is 2.18. The number of nitrogens with one attached hydrogen (secondary N) is 1. The topological polar surface area (TPSA) is 49.3 Å². The molecule has 1 heterocycles. The molecule has 1 amide bonds. The van der Waals surface area contributed by atoms with E-state index in [-0.39, 0.29) is 18.6 Å². The van der Waals surface area contributed by atoms with Crippen molar-refractivity contribution in [3.8, 4) is 0 Å². The SMILES string of the molecule is CC(C)C(CCO)NC(=O)c1cc(Br)c(Br)s1. The second-order valence-electron chi connectivity index (χ2n) is 4.07. The summed E-state index contributed by atoms with van der Waals surface area (Å²) >= 11 is 8.11. The van der Waals surface area contributed by atoms with Crippen molar-refractivity contribution in [3.63, 3.8) is 0 Å². The van der Waals surface area contributed by atoms with E-state index in [4.69, 9.17) is 5.11 Å². The lowest BCUT2D eigenvalue weighted by Crippen LogP contribution is -2.38. The monoisotopic (exact) mass is 383 g/mol. The van der Waals surface area contributed by atoms with Crippen LogP contribution in [-0.4, -0.2) is 23.7 Å². The van der Waals surface area contributed by atoms with Gasteiger partial charge in [0.2, 0.25) is 0 Å². The number of carbonyl (C=O) groups is 1. The Kier molecular flexibility index (Phi) is 6.12. The van der Waals surface area contributed by atoms with Crippen LogP contribution in [-0.2, 0) is 0 Å². The van der Waals surface area contributed by atoms with Gasteiger partial charge in [0.05, 0.1) is 8.66 Å². The van der Waals surface area contributed by atoms with E-state index in [1.807, 2.05) is 13.8 Å². The van der Waals surface area contributed by atoms with Crippen LogP contribution in [0.25, 0.3) is 0 Å². The van der Waals surface area contributed by atoms with E-state index >= 15 is 0 Å². The Hall–Kier alpha value is 0.0900. The summed E-state index contributed by atoms with van der Waals surface area (Å²) < 4.78 is 1.79. The first kappa shape index (κ1) is 15.1. The Labute approximate surface area is 122 Å². The summed E-state index contributed by atoms with van der Waals surface area (Å²) in [5.41, 5.74) is 0. The lowest BCUT2D eigenvalue weighted by Gasteiger charge is -2.20. The fourth-order valence-electron chi connectivity index (χ4n) is 1.41. The second kappa shape index (κ2) is 6.87. The van der Waals surface area contributed by atoms with Gasteiger partial charge in [0, 0.05) is 17.1 Å². The molecule has 1 atom stereocenters. The molecule has 0 radical (unpaired) electrons. The van der Waals surface area contributed by atoms with Crippen LogP contribution in [0.4, 0.5) is 0 Å². The molecule has 17 heavy (non-hydrogen) atoms. The molecule has 0 spiro atoms. The molecule has 2 N–H and O–H groups in total. The van der Waals surface area contributed by atoms with Gasteiger partial charge >= 0.3 is 0 Å². The second-order valence-corrected chi connectivity index (χ2v) is 7.29. The molecule has 3 nitrogen and oxygen atoms in total. The van der Waals surface area contributed by atoms with Crippen molar-refractivity contribution in [1.82, 2.24) is 5.32 Å². The van der Waals surface area contributed by atoms with Crippen molar-refractivity contribution in [3.05, 3.63) is 19.2 Å². The molecule has 0 fully saturated rings. The number of thiophene rings is 1. The number of halogens is 2. The van der Waals surface area contributed by atoms with Crippen LogP contribution in [0.1, 0.15) is 29.9 Å². The van der Waals surface area contributed by atoms with E-state index in [1.165, 1.54) is 11.3 Å². The first-order chi connectivity index (χ1) is 7.95. The first-order valence-corrected chi connectivity index (χ1v) is 7.72. The quantitative estimate of drug-likeness (QED) is 0.817. The summed E-state index contributed by atoms with van der Waals surface area (Å²) in [6.45, 7) is 4.14. The van der Waals surface area contributed by atoms with Crippen LogP contribution in [0.2, 0.25) is 0 Å². The van der Waals surface area contributed by atoms with Gasteiger partial charge in [-0.2, -0.15) is 0 Å². The van der Waals surface area contributed by atoms with Crippen molar-refractivity contribution in [2.75, 3.05) is 6.61 Å². The zero-order valence-corrected chi connectivity index (χ0v) is 13.7. The Morgan fingerprint density at radius 3 is 2.59 bits per heavy atom. The molecule has 96 valence electrons. The average Bonchev–Trinajstić information content (AvgIpc) is 2.58. The molecule has 1 aromatic heterocycles. The lowest BCUT2D eigenvalue weighted by molar-refractivity contribution is 0.0920. The van der Waals surface area contributed by atoms with Crippen molar-refractivity contribution < 1.29 is 9.90 Å². The number of aliphatic hydroxyl groups is 1. The molecular formula is C11H15Br2NO2S. The molecule has 1 rings (SSSR count). The highest BCUT2D eigenvalue weighted by Crippen LogP contribution is 2.32. The molecule has 0 bridgehead atoms. The van der Waals surface area contributed by atoms with Crippen molar-refractivity contribution in [1.29, 1.82) is 0 Å². The summed E-state index contributed by atoms with van der Waals surface area (Å²) in [6, 6.07) is 1.80. The number of amides is 1. The van der Waals surface area contributed by atoms with Crippen LogP contribution >= 0.6 is 43.2 Å². The van der Waals surface area contributed by atoms with Crippen LogP contribution < -0.4 is 5.32 Å².